The lowest BCUT2D eigenvalue weighted by Crippen LogP contribution is -2.29. The van der Waals surface area contributed by atoms with Gasteiger partial charge >= 0.3 is 0 Å². The molecule has 0 fully saturated rings. The van der Waals surface area contributed by atoms with E-state index in [4.69, 9.17) is 9.47 Å². The Hall–Kier alpha value is -1.18. The van der Waals surface area contributed by atoms with Crippen LogP contribution in [0.2, 0.25) is 0 Å². The van der Waals surface area contributed by atoms with Crippen molar-refractivity contribution in [3.63, 3.8) is 0 Å². The van der Waals surface area contributed by atoms with E-state index in [0.717, 1.165) is 17.9 Å². The maximum Gasteiger partial charge on any atom is 0.246 e. The second-order valence-corrected chi connectivity index (χ2v) is 4.62. The Morgan fingerprint density at radius 3 is 2.53 bits per heavy atom. The molecule has 0 spiro atoms. The Morgan fingerprint density at radius 1 is 1.20 bits per heavy atom. The summed E-state index contributed by atoms with van der Waals surface area (Å²) in [7, 11) is 0. The van der Waals surface area contributed by atoms with Gasteiger partial charge in [-0.2, -0.15) is 0 Å². The van der Waals surface area contributed by atoms with E-state index in [2.05, 4.69) is 26.0 Å². The van der Waals surface area contributed by atoms with Gasteiger partial charge in [0.05, 0.1) is 0 Å². The van der Waals surface area contributed by atoms with Crippen LogP contribution in [-0.2, 0) is 0 Å². The van der Waals surface area contributed by atoms with E-state index in [1.165, 1.54) is 5.56 Å². The Labute approximate surface area is 91.2 Å². The topological polar surface area (TPSA) is 18.5 Å². The van der Waals surface area contributed by atoms with E-state index in [9.17, 15) is 0 Å². The Kier molecular flexibility index (Phi) is 2.37. The molecule has 1 aromatic rings. The molecule has 82 valence electrons. The smallest absolute Gasteiger partial charge is 0.246 e. The summed E-state index contributed by atoms with van der Waals surface area (Å²) < 4.78 is 11.3. The average molecular weight is 206 g/mol. The first-order valence-electron chi connectivity index (χ1n) is 5.54. The van der Waals surface area contributed by atoms with Gasteiger partial charge < -0.3 is 9.47 Å². The molecule has 0 saturated carbocycles. The second-order valence-electron chi connectivity index (χ2n) is 4.62. The van der Waals surface area contributed by atoms with E-state index >= 15 is 0 Å². The third kappa shape index (κ3) is 1.94. The summed E-state index contributed by atoms with van der Waals surface area (Å²) in [5, 5.41) is 0. The summed E-state index contributed by atoms with van der Waals surface area (Å²) >= 11 is 0. The molecule has 0 aromatic heterocycles. The molecule has 1 atom stereocenters. The number of fused-ring (bicyclic) bond motifs is 1. The fourth-order valence-electron chi connectivity index (χ4n) is 1.78. The fraction of sp³-hybridized carbons (Fsp3) is 0.538. The van der Waals surface area contributed by atoms with Crippen LogP contribution in [-0.4, -0.2) is 5.79 Å². The van der Waals surface area contributed by atoms with Crippen molar-refractivity contribution in [2.24, 2.45) is 0 Å². The summed E-state index contributed by atoms with van der Waals surface area (Å²) in [6.45, 7) is 8.27. The summed E-state index contributed by atoms with van der Waals surface area (Å²) in [6.07, 6.45) is 1.14. The van der Waals surface area contributed by atoms with Crippen molar-refractivity contribution in [3.8, 4) is 11.5 Å². The van der Waals surface area contributed by atoms with Crippen molar-refractivity contribution in [1.29, 1.82) is 0 Å². The molecule has 1 unspecified atom stereocenters. The van der Waals surface area contributed by atoms with Gasteiger partial charge in [0.15, 0.2) is 11.5 Å². The molecular formula is C13H18O2. The molecule has 2 nitrogen and oxygen atoms in total. The normalized spacial score (nSPS) is 18.9. The lowest BCUT2D eigenvalue weighted by Gasteiger charge is -2.16. The zero-order valence-corrected chi connectivity index (χ0v) is 9.83. The van der Waals surface area contributed by atoms with Crippen LogP contribution in [0.15, 0.2) is 18.2 Å². The predicted molar refractivity (Wildman–Crippen MR) is 60.5 cm³/mol. The van der Waals surface area contributed by atoms with E-state index in [1.54, 1.807) is 0 Å². The molecule has 1 aliphatic heterocycles. The zero-order valence-electron chi connectivity index (χ0n) is 9.83. The first-order chi connectivity index (χ1) is 7.02. The van der Waals surface area contributed by atoms with Gasteiger partial charge in [-0.05, 0) is 30.0 Å². The molecule has 0 aliphatic carbocycles. The molecular weight excluding hydrogens is 188 g/mol. The molecule has 2 heteroatoms. The van der Waals surface area contributed by atoms with Gasteiger partial charge in [0.25, 0.3) is 0 Å². The zero-order chi connectivity index (χ0) is 11.1. The molecule has 0 saturated heterocycles. The van der Waals surface area contributed by atoms with Crippen molar-refractivity contribution in [2.45, 2.75) is 45.8 Å². The van der Waals surface area contributed by atoms with E-state index < -0.39 is 5.79 Å². The summed E-state index contributed by atoms with van der Waals surface area (Å²) in [4.78, 5) is 0. The van der Waals surface area contributed by atoms with E-state index in [-0.39, 0.29) is 0 Å². The predicted octanol–water partition coefficient (Wildman–Crippen LogP) is 3.71. The Bertz CT molecular complexity index is 369. The molecule has 0 radical (unpaired) electrons. The highest BCUT2D eigenvalue weighted by atomic mass is 16.7. The number of hydrogen-bond acceptors (Lipinski definition) is 2. The Morgan fingerprint density at radius 2 is 1.87 bits per heavy atom. The minimum Gasteiger partial charge on any atom is -0.449 e. The molecule has 1 heterocycles. The summed E-state index contributed by atoms with van der Waals surface area (Å²) in [5.74, 6) is 1.78. The summed E-state index contributed by atoms with van der Waals surface area (Å²) in [6, 6.07) is 6.22. The standard InChI is InChI=1S/C13H18O2/c1-5-9(2)10-6-7-11-12(8-10)15-13(3,4)14-11/h6-9H,5H2,1-4H3. The minimum absolute atomic E-state index is 0.517. The lowest BCUT2D eigenvalue weighted by atomic mass is 9.98. The lowest BCUT2D eigenvalue weighted by molar-refractivity contribution is -0.0431. The van der Waals surface area contributed by atoms with Crippen LogP contribution in [0.1, 0.15) is 45.6 Å². The maximum atomic E-state index is 5.71. The van der Waals surface area contributed by atoms with Crippen LogP contribution < -0.4 is 9.47 Å². The largest absolute Gasteiger partial charge is 0.449 e. The minimum atomic E-state index is -0.517. The van der Waals surface area contributed by atoms with Crippen LogP contribution in [0.3, 0.4) is 0 Å². The van der Waals surface area contributed by atoms with Gasteiger partial charge in [-0.15, -0.1) is 0 Å². The number of ether oxygens (including phenoxy) is 2. The molecule has 1 aliphatic rings. The third-order valence-electron chi connectivity index (χ3n) is 2.86. The van der Waals surface area contributed by atoms with Crippen molar-refractivity contribution in [1.82, 2.24) is 0 Å². The van der Waals surface area contributed by atoms with Crippen LogP contribution in [0.4, 0.5) is 0 Å². The molecule has 0 bridgehead atoms. The van der Waals surface area contributed by atoms with Gasteiger partial charge in [-0.3, -0.25) is 0 Å². The average Bonchev–Trinajstić information content (AvgIpc) is 2.49. The van der Waals surface area contributed by atoms with Crippen molar-refractivity contribution >= 4 is 0 Å². The first kappa shape index (κ1) is 10.3. The van der Waals surface area contributed by atoms with Crippen molar-refractivity contribution < 1.29 is 9.47 Å². The number of benzene rings is 1. The molecule has 1 aromatic carbocycles. The highest BCUT2D eigenvalue weighted by Crippen LogP contribution is 2.40. The van der Waals surface area contributed by atoms with Gasteiger partial charge in [-0.1, -0.05) is 19.9 Å². The maximum absolute atomic E-state index is 5.71. The molecule has 0 amide bonds. The van der Waals surface area contributed by atoms with E-state index in [0.29, 0.717) is 5.92 Å². The fourth-order valence-corrected chi connectivity index (χ4v) is 1.78. The number of hydrogen-bond donors (Lipinski definition) is 0. The summed E-state index contributed by atoms with van der Waals surface area (Å²) in [5.41, 5.74) is 1.32. The molecule has 15 heavy (non-hydrogen) atoms. The van der Waals surface area contributed by atoms with Crippen LogP contribution in [0.25, 0.3) is 0 Å². The van der Waals surface area contributed by atoms with Gasteiger partial charge in [-0.25, -0.2) is 0 Å². The van der Waals surface area contributed by atoms with Crippen molar-refractivity contribution in [2.75, 3.05) is 0 Å². The third-order valence-corrected chi connectivity index (χ3v) is 2.86. The quantitative estimate of drug-likeness (QED) is 0.734. The first-order valence-corrected chi connectivity index (χ1v) is 5.54. The highest BCUT2D eigenvalue weighted by Gasteiger charge is 2.31. The Balaban J connectivity index is 2.30. The second kappa shape index (κ2) is 3.44. The SMILES string of the molecule is CCC(C)c1ccc2c(c1)OC(C)(C)O2. The van der Waals surface area contributed by atoms with Gasteiger partial charge in [0, 0.05) is 13.8 Å². The number of rotatable bonds is 2. The molecule has 0 N–H and O–H groups in total. The van der Waals surface area contributed by atoms with E-state index in [1.807, 2.05) is 19.9 Å². The van der Waals surface area contributed by atoms with Crippen LogP contribution in [0.5, 0.6) is 11.5 Å². The monoisotopic (exact) mass is 206 g/mol. The van der Waals surface area contributed by atoms with Crippen molar-refractivity contribution in [3.05, 3.63) is 23.8 Å². The van der Waals surface area contributed by atoms with Crippen LogP contribution >= 0.6 is 0 Å². The van der Waals surface area contributed by atoms with Gasteiger partial charge in [0.2, 0.25) is 5.79 Å². The van der Waals surface area contributed by atoms with Crippen LogP contribution in [0, 0.1) is 0 Å². The highest BCUT2D eigenvalue weighted by molar-refractivity contribution is 5.46. The molecule has 2 rings (SSSR count). The van der Waals surface area contributed by atoms with Gasteiger partial charge in [0.1, 0.15) is 0 Å².